The molecule has 6 nitrogen and oxygen atoms in total. The topological polar surface area (TPSA) is 88.4 Å². The molecule has 0 fully saturated rings. The van der Waals surface area contributed by atoms with E-state index in [0.29, 0.717) is 26.9 Å². The third-order valence-electron chi connectivity index (χ3n) is 3.86. The second kappa shape index (κ2) is 8.67. The lowest BCUT2D eigenvalue weighted by molar-refractivity contribution is -0.138. The maximum Gasteiger partial charge on any atom is 0.344 e. The smallest absolute Gasteiger partial charge is 0.344 e. The molecule has 0 radical (unpaired) electrons. The molecular weight excluding hydrogens is 378 g/mol. The zero-order chi connectivity index (χ0) is 20.1. The van der Waals surface area contributed by atoms with Gasteiger partial charge in [-0.25, -0.2) is 9.79 Å². The van der Waals surface area contributed by atoms with E-state index in [2.05, 4.69) is 4.99 Å². The molecule has 2 N–H and O–H groups in total. The second-order valence-corrected chi connectivity index (χ2v) is 6.77. The number of hydrogen-bond donors (Lipinski definition) is 2. The molecule has 0 aromatic heterocycles. The van der Waals surface area contributed by atoms with Crippen molar-refractivity contribution in [3.63, 3.8) is 0 Å². The van der Waals surface area contributed by atoms with Crippen molar-refractivity contribution in [2.45, 2.75) is 6.92 Å². The highest BCUT2D eigenvalue weighted by Gasteiger charge is 2.33. The van der Waals surface area contributed by atoms with Crippen LogP contribution in [-0.4, -0.2) is 34.9 Å². The van der Waals surface area contributed by atoms with E-state index < -0.39 is 5.97 Å². The molecule has 0 atom stereocenters. The number of para-hydroxylation sites is 1. The van der Waals surface area contributed by atoms with Crippen LogP contribution in [0.3, 0.4) is 0 Å². The Balaban J connectivity index is 2.04. The van der Waals surface area contributed by atoms with Crippen molar-refractivity contribution in [3.8, 4) is 11.5 Å². The summed E-state index contributed by atoms with van der Waals surface area (Å²) in [6.07, 6.45) is 1.69. The maximum atomic E-state index is 12.4. The molecule has 0 aliphatic carbocycles. The summed E-state index contributed by atoms with van der Waals surface area (Å²) in [6, 6.07) is 14.0. The Hall–Kier alpha value is -3.19. The monoisotopic (exact) mass is 397 g/mol. The molecule has 0 spiro atoms. The van der Waals surface area contributed by atoms with E-state index in [1.165, 1.54) is 24.9 Å². The first-order valence-electron chi connectivity index (χ1n) is 8.55. The quantitative estimate of drug-likeness (QED) is 0.717. The number of rotatable bonds is 5. The SMILES string of the molecule is CCOC(=O)C1=C(O)C(=Cc2ccc(O)c(OC)c2)SC1=Nc1ccccc1. The summed E-state index contributed by atoms with van der Waals surface area (Å²) in [5.74, 6) is -0.495. The van der Waals surface area contributed by atoms with E-state index >= 15 is 0 Å². The van der Waals surface area contributed by atoms with Crippen LogP contribution in [0.5, 0.6) is 11.5 Å². The summed E-state index contributed by atoms with van der Waals surface area (Å²) in [4.78, 5) is 17.3. The van der Waals surface area contributed by atoms with Crippen LogP contribution in [0.1, 0.15) is 12.5 Å². The van der Waals surface area contributed by atoms with Gasteiger partial charge in [0.2, 0.25) is 0 Å². The Morgan fingerprint density at radius 3 is 2.61 bits per heavy atom. The van der Waals surface area contributed by atoms with Crippen molar-refractivity contribution >= 4 is 34.5 Å². The lowest BCUT2D eigenvalue weighted by Crippen LogP contribution is -2.12. The second-order valence-electron chi connectivity index (χ2n) is 5.74. The summed E-state index contributed by atoms with van der Waals surface area (Å²) < 4.78 is 10.2. The molecule has 0 unspecified atom stereocenters. The molecule has 28 heavy (non-hydrogen) atoms. The summed E-state index contributed by atoms with van der Waals surface area (Å²) in [5.41, 5.74) is 1.38. The van der Waals surface area contributed by atoms with Gasteiger partial charge in [0.1, 0.15) is 16.4 Å². The fraction of sp³-hybridized carbons (Fsp3) is 0.143. The van der Waals surface area contributed by atoms with Crippen molar-refractivity contribution in [2.24, 2.45) is 4.99 Å². The first-order chi connectivity index (χ1) is 13.5. The van der Waals surface area contributed by atoms with Gasteiger partial charge in [-0.2, -0.15) is 0 Å². The predicted octanol–water partition coefficient (Wildman–Crippen LogP) is 4.59. The molecule has 1 aliphatic heterocycles. The Labute approximate surface area is 166 Å². The van der Waals surface area contributed by atoms with Crippen LogP contribution in [0.25, 0.3) is 6.08 Å². The van der Waals surface area contributed by atoms with Crippen LogP contribution >= 0.6 is 11.8 Å². The number of benzene rings is 2. The van der Waals surface area contributed by atoms with E-state index in [1.807, 2.05) is 18.2 Å². The third-order valence-corrected chi connectivity index (χ3v) is 4.88. The van der Waals surface area contributed by atoms with Gasteiger partial charge in [-0.1, -0.05) is 36.0 Å². The number of phenols is 1. The van der Waals surface area contributed by atoms with Crippen molar-refractivity contribution in [2.75, 3.05) is 13.7 Å². The number of carbonyl (C=O) groups excluding carboxylic acids is 1. The number of aromatic hydroxyl groups is 1. The molecule has 3 rings (SSSR count). The molecular formula is C21H19NO5S. The van der Waals surface area contributed by atoms with Crippen molar-refractivity contribution in [3.05, 3.63) is 70.3 Å². The number of phenolic OH excluding ortho intramolecular Hbond substituents is 1. The normalized spacial score (nSPS) is 16.6. The lowest BCUT2D eigenvalue weighted by Gasteiger charge is -2.04. The zero-order valence-electron chi connectivity index (χ0n) is 15.4. The average Bonchev–Trinajstić information content (AvgIpc) is 2.99. The summed E-state index contributed by atoms with van der Waals surface area (Å²) in [6.45, 7) is 1.89. The molecule has 0 saturated carbocycles. The number of aliphatic hydroxyl groups excluding tert-OH is 1. The fourth-order valence-electron chi connectivity index (χ4n) is 2.55. The van der Waals surface area contributed by atoms with Gasteiger partial charge in [-0.3, -0.25) is 0 Å². The highest BCUT2D eigenvalue weighted by atomic mass is 32.2. The molecule has 2 aromatic carbocycles. The maximum absolute atomic E-state index is 12.4. The predicted molar refractivity (Wildman–Crippen MR) is 110 cm³/mol. The van der Waals surface area contributed by atoms with Gasteiger partial charge in [-0.05, 0) is 42.8 Å². The van der Waals surface area contributed by atoms with Gasteiger partial charge >= 0.3 is 5.97 Å². The summed E-state index contributed by atoms with van der Waals surface area (Å²) >= 11 is 1.17. The Bertz CT molecular complexity index is 980. The number of nitrogens with zero attached hydrogens (tertiary/aromatic N) is 1. The van der Waals surface area contributed by atoms with Crippen molar-refractivity contribution in [1.29, 1.82) is 0 Å². The minimum atomic E-state index is -0.631. The zero-order valence-corrected chi connectivity index (χ0v) is 16.2. The highest BCUT2D eigenvalue weighted by molar-refractivity contribution is 8.18. The van der Waals surface area contributed by atoms with Gasteiger partial charge in [0.25, 0.3) is 0 Å². The molecule has 144 valence electrons. The van der Waals surface area contributed by atoms with Crippen LogP contribution < -0.4 is 4.74 Å². The number of methoxy groups -OCH3 is 1. The van der Waals surface area contributed by atoms with Crippen LogP contribution in [-0.2, 0) is 9.53 Å². The van der Waals surface area contributed by atoms with E-state index in [-0.39, 0.29) is 23.7 Å². The number of esters is 1. The largest absolute Gasteiger partial charge is 0.506 e. The minimum absolute atomic E-state index is 0.0158. The highest BCUT2D eigenvalue weighted by Crippen LogP contribution is 2.40. The fourth-order valence-corrected chi connectivity index (χ4v) is 3.58. The van der Waals surface area contributed by atoms with Crippen LogP contribution in [0.2, 0.25) is 0 Å². The van der Waals surface area contributed by atoms with E-state index in [1.54, 1.807) is 37.3 Å². The Morgan fingerprint density at radius 1 is 1.18 bits per heavy atom. The van der Waals surface area contributed by atoms with Gasteiger partial charge in [0, 0.05) is 0 Å². The minimum Gasteiger partial charge on any atom is -0.506 e. The first kappa shape index (κ1) is 19.6. The number of carbonyl (C=O) groups is 1. The summed E-state index contributed by atoms with van der Waals surface area (Å²) in [5, 5.41) is 20.8. The average molecular weight is 397 g/mol. The van der Waals surface area contributed by atoms with Crippen molar-refractivity contribution < 1.29 is 24.5 Å². The summed E-state index contributed by atoms with van der Waals surface area (Å²) in [7, 11) is 1.46. The van der Waals surface area contributed by atoms with Gasteiger partial charge in [-0.15, -0.1) is 0 Å². The molecule has 1 heterocycles. The Morgan fingerprint density at radius 2 is 1.93 bits per heavy atom. The van der Waals surface area contributed by atoms with Crippen LogP contribution in [0, 0.1) is 0 Å². The van der Waals surface area contributed by atoms with Gasteiger partial charge in [0.05, 0.1) is 24.3 Å². The third kappa shape index (κ3) is 4.20. The number of aliphatic hydroxyl groups is 1. The van der Waals surface area contributed by atoms with Crippen molar-refractivity contribution in [1.82, 2.24) is 0 Å². The molecule has 7 heteroatoms. The Kier molecular flexibility index (Phi) is 6.06. The number of ether oxygens (including phenoxy) is 2. The number of aliphatic imine (C=N–C) groups is 1. The number of hydrogen-bond acceptors (Lipinski definition) is 7. The molecule has 2 aromatic rings. The molecule has 1 aliphatic rings. The van der Waals surface area contributed by atoms with E-state index in [9.17, 15) is 15.0 Å². The van der Waals surface area contributed by atoms with Crippen LogP contribution in [0.15, 0.2) is 69.8 Å². The number of thioether (sulfide) groups is 1. The molecule has 0 bridgehead atoms. The molecule has 0 amide bonds. The molecule has 0 saturated heterocycles. The van der Waals surface area contributed by atoms with Crippen LogP contribution in [0.4, 0.5) is 5.69 Å². The van der Waals surface area contributed by atoms with E-state index in [0.717, 1.165) is 0 Å². The van der Waals surface area contributed by atoms with Gasteiger partial charge < -0.3 is 19.7 Å². The first-order valence-corrected chi connectivity index (χ1v) is 9.36. The van der Waals surface area contributed by atoms with E-state index in [4.69, 9.17) is 9.47 Å². The lowest BCUT2D eigenvalue weighted by atomic mass is 10.1. The van der Waals surface area contributed by atoms with Gasteiger partial charge in [0.15, 0.2) is 11.5 Å². The standard InChI is InChI=1S/C21H19NO5S/c1-3-27-21(25)18-19(24)17(12-13-9-10-15(23)16(11-13)26-2)28-20(18)22-14-7-5-4-6-8-14/h4-12,23-24H,3H2,1-2H3.